The van der Waals surface area contributed by atoms with E-state index >= 15 is 0 Å². The second kappa shape index (κ2) is 6.55. The molecule has 2 amide bonds. The average molecular weight is 339 g/mol. The van der Waals surface area contributed by atoms with Crippen molar-refractivity contribution in [2.45, 2.75) is 38.6 Å². The Bertz CT molecular complexity index is 816. The fourth-order valence-corrected chi connectivity index (χ4v) is 2.73. The van der Waals surface area contributed by atoms with Crippen LogP contribution in [0.15, 0.2) is 46.8 Å². The Morgan fingerprint density at radius 1 is 1.20 bits per heavy atom. The molecule has 0 aliphatic carbocycles. The summed E-state index contributed by atoms with van der Waals surface area (Å²) >= 11 is 0. The maximum Gasteiger partial charge on any atom is 0.268 e. The fourth-order valence-electron chi connectivity index (χ4n) is 2.73. The highest BCUT2D eigenvalue weighted by Crippen LogP contribution is 2.26. The molecular weight excluding hydrogens is 318 g/mol. The van der Waals surface area contributed by atoms with Crippen molar-refractivity contribution in [2.75, 3.05) is 0 Å². The van der Waals surface area contributed by atoms with Gasteiger partial charge in [0.1, 0.15) is 23.2 Å². The van der Waals surface area contributed by atoms with Gasteiger partial charge in [-0.05, 0) is 11.6 Å². The minimum absolute atomic E-state index is 0.175. The van der Waals surface area contributed by atoms with Gasteiger partial charge in [-0.2, -0.15) is 0 Å². The van der Waals surface area contributed by atoms with Gasteiger partial charge >= 0.3 is 0 Å². The average Bonchev–Trinajstić information content (AvgIpc) is 3.02. The van der Waals surface area contributed by atoms with Crippen LogP contribution in [-0.4, -0.2) is 22.8 Å². The van der Waals surface area contributed by atoms with Gasteiger partial charge in [-0.15, -0.1) is 0 Å². The molecule has 2 heterocycles. The normalized spacial score (nSPS) is 19.6. The van der Waals surface area contributed by atoms with Crippen LogP contribution in [0.2, 0.25) is 0 Å². The number of amides is 2. The lowest BCUT2D eigenvalue weighted by Crippen LogP contribution is -2.55. The first-order valence-electron chi connectivity index (χ1n) is 8.16. The second-order valence-corrected chi connectivity index (χ2v) is 7.08. The van der Waals surface area contributed by atoms with Gasteiger partial charge in [0.15, 0.2) is 6.39 Å². The van der Waals surface area contributed by atoms with Crippen LogP contribution in [0.3, 0.4) is 0 Å². The zero-order valence-electron chi connectivity index (χ0n) is 14.5. The highest BCUT2D eigenvalue weighted by molar-refractivity contribution is 6.07. The highest BCUT2D eigenvalue weighted by atomic mass is 16.3. The van der Waals surface area contributed by atoms with E-state index < -0.39 is 6.04 Å². The number of oxazole rings is 1. The lowest BCUT2D eigenvalue weighted by Gasteiger charge is -2.25. The largest absolute Gasteiger partial charge is 0.447 e. The molecule has 130 valence electrons. The number of aromatic nitrogens is 1. The summed E-state index contributed by atoms with van der Waals surface area (Å²) in [6, 6.07) is 8.98. The van der Waals surface area contributed by atoms with Crippen LogP contribution in [0, 0.1) is 0 Å². The molecule has 1 aliphatic heterocycles. The molecule has 6 nitrogen and oxygen atoms in total. The van der Waals surface area contributed by atoms with Crippen LogP contribution >= 0.6 is 0 Å². The first-order chi connectivity index (χ1) is 11.8. The predicted octanol–water partition coefficient (Wildman–Crippen LogP) is 2.17. The molecule has 1 fully saturated rings. The zero-order chi connectivity index (χ0) is 18.0. The van der Waals surface area contributed by atoms with Crippen LogP contribution in [0.4, 0.5) is 0 Å². The molecular formula is C19H21N3O3. The van der Waals surface area contributed by atoms with Crippen molar-refractivity contribution in [3.8, 4) is 0 Å². The molecule has 0 spiro atoms. The second-order valence-electron chi connectivity index (χ2n) is 7.08. The third-order valence-corrected chi connectivity index (χ3v) is 3.96. The molecule has 1 unspecified atom stereocenters. The van der Waals surface area contributed by atoms with Crippen LogP contribution in [-0.2, 0) is 21.4 Å². The van der Waals surface area contributed by atoms with Crippen molar-refractivity contribution in [3.05, 3.63) is 59.4 Å². The molecule has 3 rings (SSSR count). The van der Waals surface area contributed by atoms with Gasteiger partial charge < -0.3 is 15.1 Å². The van der Waals surface area contributed by atoms with E-state index in [1.165, 1.54) is 6.39 Å². The van der Waals surface area contributed by atoms with E-state index in [-0.39, 0.29) is 22.9 Å². The molecule has 1 aliphatic rings. The third-order valence-electron chi connectivity index (χ3n) is 3.96. The summed E-state index contributed by atoms with van der Waals surface area (Å²) in [6.45, 7) is 5.97. The number of nitrogens with one attached hydrogen (secondary N) is 2. The lowest BCUT2D eigenvalue weighted by molar-refractivity contribution is -0.131. The fraction of sp³-hybridized carbons (Fsp3) is 0.316. The third kappa shape index (κ3) is 3.79. The summed E-state index contributed by atoms with van der Waals surface area (Å²) < 4.78 is 5.43. The Kier molecular flexibility index (Phi) is 4.44. The number of carbonyl (C=O) groups is 2. The first kappa shape index (κ1) is 17.0. The standard InChI is InChI=1S/C19H21N3O3/c1-19(2,3)16-13(20-11-25-16)10-15-18(24)21-14(17(23)22-15)9-12-7-5-4-6-8-12/h4-8,10-11,14H,9H2,1-3H3,(H,21,24)(H,22,23). The van der Waals surface area contributed by atoms with E-state index in [0.717, 1.165) is 5.56 Å². The Morgan fingerprint density at radius 2 is 1.92 bits per heavy atom. The molecule has 6 heteroatoms. The molecule has 2 aromatic rings. The van der Waals surface area contributed by atoms with E-state index in [2.05, 4.69) is 15.6 Å². The Hall–Kier alpha value is -2.89. The van der Waals surface area contributed by atoms with Crippen molar-refractivity contribution in [1.29, 1.82) is 0 Å². The zero-order valence-corrected chi connectivity index (χ0v) is 14.5. The maximum atomic E-state index is 12.4. The molecule has 1 saturated heterocycles. The molecule has 1 aromatic heterocycles. The van der Waals surface area contributed by atoms with Crippen LogP contribution in [0.5, 0.6) is 0 Å². The van der Waals surface area contributed by atoms with E-state index in [1.807, 2.05) is 51.1 Å². The SMILES string of the molecule is CC(C)(C)c1ocnc1C=C1NC(=O)C(Cc2ccccc2)NC1=O. The summed E-state index contributed by atoms with van der Waals surface area (Å²) in [5.41, 5.74) is 1.45. The molecule has 25 heavy (non-hydrogen) atoms. The highest BCUT2D eigenvalue weighted by Gasteiger charge is 2.31. The van der Waals surface area contributed by atoms with Crippen molar-refractivity contribution >= 4 is 17.9 Å². The Balaban J connectivity index is 1.78. The minimum atomic E-state index is -0.591. The van der Waals surface area contributed by atoms with Gasteiger partial charge in [0, 0.05) is 11.8 Å². The van der Waals surface area contributed by atoms with E-state index in [9.17, 15) is 9.59 Å². The van der Waals surface area contributed by atoms with Gasteiger partial charge in [0.05, 0.1) is 0 Å². The number of nitrogens with zero attached hydrogens (tertiary/aromatic N) is 1. The van der Waals surface area contributed by atoms with Crippen molar-refractivity contribution in [1.82, 2.24) is 15.6 Å². The molecule has 1 atom stereocenters. The Labute approximate surface area is 146 Å². The van der Waals surface area contributed by atoms with E-state index in [4.69, 9.17) is 4.42 Å². The summed E-state index contributed by atoms with van der Waals surface area (Å²) in [6.07, 6.45) is 3.34. The monoisotopic (exact) mass is 339 g/mol. The summed E-state index contributed by atoms with van der Waals surface area (Å²) in [5, 5.41) is 5.44. The van der Waals surface area contributed by atoms with Gasteiger partial charge in [0.25, 0.3) is 5.91 Å². The van der Waals surface area contributed by atoms with Crippen molar-refractivity contribution < 1.29 is 14.0 Å². The van der Waals surface area contributed by atoms with Crippen molar-refractivity contribution in [3.63, 3.8) is 0 Å². The predicted molar refractivity (Wildman–Crippen MR) is 93.4 cm³/mol. The van der Waals surface area contributed by atoms with Gasteiger partial charge in [-0.1, -0.05) is 51.1 Å². The minimum Gasteiger partial charge on any atom is -0.447 e. The number of hydrogen-bond donors (Lipinski definition) is 2. The van der Waals surface area contributed by atoms with E-state index in [0.29, 0.717) is 17.9 Å². The van der Waals surface area contributed by atoms with Crippen LogP contribution in [0.25, 0.3) is 6.08 Å². The number of carbonyl (C=O) groups excluding carboxylic acids is 2. The van der Waals surface area contributed by atoms with E-state index in [1.54, 1.807) is 6.08 Å². The van der Waals surface area contributed by atoms with Crippen LogP contribution in [0.1, 0.15) is 37.8 Å². The quantitative estimate of drug-likeness (QED) is 0.840. The topological polar surface area (TPSA) is 84.2 Å². The molecule has 0 saturated carbocycles. The molecule has 0 bridgehead atoms. The summed E-state index contributed by atoms with van der Waals surface area (Å²) in [7, 11) is 0. The number of benzene rings is 1. The summed E-state index contributed by atoms with van der Waals surface area (Å²) in [4.78, 5) is 28.9. The molecule has 2 N–H and O–H groups in total. The van der Waals surface area contributed by atoms with Gasteiger partial charge in [-0.25, -0.2) is 4.98 Å². The first-order valence-corrected chi connectivity index (χ1v) is 8.16. The number of rotatable bonds is 3. The van der Waals surface area contributed by atoms with Crippen molar-refractivity contribution in [2.24, 2.45) is 0 Å². The van der Waals surface area contributed by atoms with Gasteiger partial charge in [0.2, 0.25) is 5.91 Å². The van der Waals surface area contributed by atoms with Crippen LogP contribution < -0.4 is 10.6 Å². The van der Waals surface area contributed by atoms with Gasteiger partial charge in [-0.3, -0.25) is 9.59 Å². The lowest BCUT2D eigenvalue weighted by atomic mass is 9.91. The number of piperazine rings is 1. The number of hydrogen-bond acceptors (Lipinski definition) is 4. The smallest absolute Gasteiger partial charge is 0.268 e. The maximum absolute atomic E-state index is 12.4. The summed E-state index contributed by atoms with van der Waals surface area (Å²) in [5.74, 6) is 0.0901. The Morgan fingerprint density at radius 3 is 2.60 bits per heavy atom. The molecule has 1 aromatic carbocycles. The molecule has 0 radical (unpaired) electrons.